The van der Waals surface area contributed by atoms with E-state index < -0.39 is 0 Å². The summed E-state index contributed by atoms with van der Waals surface area (Å²) >= 11 is 2.22. The first-order valence-electron chi connectivity index (χ1n) is 6.49. The van der Waals surface area contributed by atoms with Crippen molar-refractivity contribution < 1.29 is 9.53 Å². The molecule has 0 saturated heterocycles. The molecule has 0 saturated carbocycles. The summed E-state index contributed by atoms with van der Waals surface area (Å²) in [6.45, 7) is 2.70. The summed E-state index contributed by atoms with van der Waals surface area (Å²) in [7, 11) is 0. The number of amides is 1. The van der Waals surface area contributed by atoms with Crippen molar-refractivity contribution >= 4 is 34.2 Å². The zero-order chi connectivity index (χ0) is 14.4. The van der Waals surface area contributed by atoms with Crippen LogP contribution in [0.2, 0.25) is 0 Å². The number of rotatable bonds is 5. The van der Waals surface area contributed by atoms with Gasteiger partial charge < -0.3 is 10.1 Å². The van der Waals surface area contributed by atoms with Gasteiger partial charge in [0, 0.05) is 14.8 Å². The third kappa shape index (κ3) is 4.23. The highest BCUT2D eigenvalue weighted by atomic mass is 127. The van der Waals surface area contributed by atoms with Gasteiger partial charge in [-0.1, -0.05) is 19.1 Å². The summed E-state index contributed by atoms with van der Waals surface area (Å²) in [5, 5.41) is 2.88. The summed E-state index contributed by atoms with van der Waals surface area (Å²) in [6, 6.07) is 14.9. The van der Waals surface area contributed by atoms with E-state index in [1.807, 2.05) is 43.3 Å². The number of carbonyl (C=O) groups is 1. The molecule has 104 valence electrons. The zero-order valence-corrected chi connectivity index (χ0v) is 13.4. The fourth-order valence-electron chi connectivity index (χ4n) is 1.72. The van der Waals surface area contributed by atoms with Gasteiger partial charge in [0.25, 0.3) is 5.91 Å². The molecule has 4 heteroatoms. The van der Waals surface area contributed by atoms with Crippen LogP contribution in [0.1, 0.15) is 23.7 Å². The lowest BCUT2D eigenvalue weighted by atomic mass is 10.2. The van der Waals surface area contributed by atoms with Gasteiger partial charge in [0.05, 0.1) is 6.61 Å². The highest BCUT2D eigenvalue weighted by Crippen LogP contribution is 2.17. The predicted octanol–water partition coefficient (Wildman–Crippen LogP) is 4.33. The molecule has 0 aliphatic heterocycles. The molecular weight excluding hydrogens is 365 g/mol. The van der Waals surface area contributed by atoms with Crippen molar-refractivity contribution in [3.05, 3.63) is 57.7 Å². The Morgan fingerprint density at radius 2 is 2.00 bits per heavy atom. The molecule has 0 heterocycles. The normalized spacial score (nSPS) is 10.1. The fraction of sp³-hybridized carbons (Fsp3) is 0.188. The molecule has 0 aliphatic carbocycles. The molecule has 2 aromatic carbocycles. The average molecular weight is 381 g/mol. The first kappa shape index (κ1) is 14.8. The maximum absolute atomic E-state index is 12.2. The minimum Gasteiger partial charge on any atom is -0.494 e. The molecule has 0 aliphatic rings. The van der Waals surface area contributed by atoms with Crippen LogP contribution >= 0.6 is 22.6 Å². The molecule has 2 rings (SSSR count). The van der Waals surface area contributed by atoms with E-state index in [0.717, 1.165) is 21.4 Å². The number of hydrogen-bond acceptors (Lipinski definition) is 2. The lowest BCUT2D eigenvalue weighted by Crippen LogP contribution is -2.12. The van der Waals surface area contributed by atoms with Gasteiger partial charge >= 0.3 is 0 Å². The zero-order valence-electron chi connectivity index (χ0n) is 11.2. The van der Waals surface area contributed by atoms with Gasteiger partial charge in [-0.2, -0.15) is 0 Å². The summed E-state index contributed by atoms with van der Waals surface area (Å²) in [5.41, 5.74) is 1.39. The van der Waals surface area contributed by atoms with Crippen molar-refractivity contribution in [1.82, 2.24) is 0 Å². The Bertz CT molecular complexity index is 599. The monoisotopic (exact) mass is 381 g/mol. The molecule has 2 aromatic rings. The number of hydrogen-bond donors (Lipinski definition) is 1. The standard InChI is InChI=1S/C16H16INO2/c1-2-9-20-15-8-3-5-12(10-15)16(19)18-14-7-4-6-13(17)11-14/h3-8,10-11H,2,9H2,1H3,(H,18,19). The van der Waals surface area contributed by atoms with Crippen molar-refractivity contribution in [3.8, 4) is 5.75 Å². The molecule has 0 unspecified atom stereocenters. The smallest absolute Gasteiger partial charge is 0.255 e. The molecule has 0 bridgehead atoms. The van der Waals surface area contributed by atoms with E-state index in [1.165, 1.54) is 0 Å². The van der Waals surface area contributed by atoms with Crippen molar-refractivity contribution in [1.29, 1.82) is 0 Å². The second kappa shape index (κ2) is 7.28. The largest absolute Gasteiger partial charge is 0.494 e. The predicted molar refractivity (Wildman–Crippen MR) is 89.3 cm³/mol. The topological polar surface area (TPSA) is 38.3 Å². The fourth-order valence-corrected chi connectivity index (χ4v) is 2.26. The van der Waals surface area contributed by atoms with Crippen LogP contribution in [0.25, 0.3) is 0 Å². The van der Waals surface area contributed by atoms with Crippen molar-refractivity contribution in [2.45, 2.75) is 13.3 Å². The Morgan fingerprint density at radius 1 is 1.20 bits per heavy atom. The van der Waals surface area contributed by atoms with Crippen LogP contribution in [0.3, 0.4) is 0 Å². The molecule has 0 fully saturated rings. The van der Waals surface area contributed by atoms with E-state index in [9.17, 15) is 4.79 Å². The maximum Gasteiger partial charge on any atom is 0.255 e. The Balaban J connectivity index is 2.09. The van der Waals surface area contributed by atoms with Crippen molar-refractivity contribution in [3.63, 3.8) is 0 Å². The molecule has 1 amide bonds. The molecule has 20 heavy (non-hydrogen) atoms. The van der Waals surface area contributed by atoms with E-state index in [1.54, 1.807) is 12.1 Å². The Kier molecular flexibility index (Phi) is 5.40. The SMILES string of the molecule is CCCOc1cccc(C(=O)Nc2cccc(I)c2)c1. The van der Waals surface area contributed by atoms with Gasteiger partial charge in [-0.15, -0.1) is 0 Å². The lowest BCUT2D eigenvalue weighted by Gasteiger charge is -2.08. The van der Waals surface area contributed by atoms with Gasteiger partial charge in [-0.3, -0.25) is 4.79 Å². The van der Waals surface area contributed by atoms with Crippen LogP contribution in [0.4, 0.5) is 5.69 Å². The highest BCUT2D eigenvalue weighted by molar-refractivity contribution is 14.1. The first-order chi connectivity index (χ1) is 9.69. The number of halogens is 1. The van der Waals surface area contributed by atoms with Crippen LogP contribution in [-0.2, 0) is 0 Å². The van der Waals surface area contributed by atoms with Crippen LogP contribution in [0, 0.1) is 3.57 Å². The van der Waals surface area contributed by atoms with Gasteiger partial charge in [0.2, 0.25) is 0 Å². The van der Waals surface area contributed by atoms with E-state index >= 15 is 0 Å². The third-order valence-corrected chi connectivity index (χ3v) is 3.32. The third-order valence-electron chi connectivity index (χ3n) is 2.65. The summed E-state index contributed by atoms with van der Waals surface area (Å²) in [6.07, 6.45) is 0.943. The number of carbonyl (C=O) groups excluding carboxylic acids is 1. The second-order valence-corrected chi connectivity index (χ2v) is 5.59. The minimum absolute atomic E-state index is 0.131. The number of benzene rings is 2. The Morgan fingerprint density at radius 3 is 2.75 bits per heavy atom. The number of ether oxygens (including phenoxy) is 1. The molecule has 0 radical (unpaired) electrons. The number of anilines is 1. The van der Waals surface area contributed by atoms with Crippen molar-refractivity contribution in [2.24, 2.45) is 0 Å². The minimum atomic E-state index is -0.131. The van der Waals surface area contributed by atoms with E-state index in [-0.39, 0.29) is 5.91 Å². The van der Waals surface area contributed by atoms with Gasteiger partial charge in [0.15, 0.2) is 0 Å². The first-order valence-corrected chi connectivity index (χ1v) is 7.56. The van der Waals surface area contributed by atoms with Crippen LogP contribution in [0.15, 0.2) is 48.5 Å². The van der Waals surface area contributed by atoms with Crippen LogP contribution in [0.5, 0.6) is 5.75 Å². The van der Waals surface area contributed by atoms with Gasteiger partial charge in [-0.05, 0) is 65.4 Å². The summed E-state index contributed by atoms with van der Waals surface area (Å²) in [5.74, 6) is 0.594. The van der Waals surface area contributed by atoms with E-state index in [2.05, 4.69) is 27.9 Å². The Hall–Kier alpha value is -1.56. The molecular formula is C16H16INO2. The van der Waals surface area contributed by atoms with E-state index in [4.69, 9.17) is 4.74 Å². The highest BCUT2D eigenvalue weighted by Gasteiger charge is 2.07. The van der Waals surface area contributed by atoms with Crippen LogP contribution in [-0.4, -0.2) is 12.5 Å². The molecule has 0 aromatic heterocycles. The Labute approximate surface area is 132 Å². The van der Waals surface area contributed by atoms with Gasteiger partial charge in [0.1, 0.15) is 5.75 Å². The molecule has 0 spiro atoms. The van der Waals surface area contributed by atoms with Crippen molar-refractivity contribution in [2.75, 3.05) is 11.9 Å². The quantitative estimate of drug-likeness (QED) is 0.783. The maximum atomic E-state index is 12.2. The average Bonchev–Trinajstić information content (AvgIpc) is 2.45. The number of nitrogens with one attached hydrogen (secondary N) is 1. The summed E-state index contributed by atoms with van der Waals surface area (Å²) in [4.78, 5) is 12.2. The van der Waals surface area contributed by atoms with Crippen LogP contribution < -0.4 is 10.1 Å². The van der Waals surface area contributed by atoms with Gasteiger partial charge in [-0.25, -0.2) is 0 Å². The lowest BCUT2D eigenvalue weighted by molar-refractivity contribution is 0.102. The summed E-state index contributed by atoms with van der Waals surface area (Å²) < 4.78 is 6.62. The second-order valence-electron chi connectivity index (χ2n) is 4.34. The molecule has 3 nitrogen and oxygen atoms in total. The molecule has 0 atom stereocenters. The van der Waals surface area contributed by atoms with E-state index in [0.29, 0.717) is 12.2 Å². The molecule has 1 N–H and O–H groups in total.